The van der Waals surface area contributed by atoms with Gasteiger partial charge in [-0.3, -0.25) is 4.79 Å². The molecule has 1 N–H and O–H groups in total. The minimum atomic E-state index is -0.783. The van der Waals surface area contributed by atoms with E-state index in [9.17, 15) is 9.90 Å². The number of halogens is 1. The van der Waals surface area contributed by atoms with E-state index in [-0.39, 0.29) is 12.3 Å². The van der Waals surface area contributed by atoms with Crippen LogP contribution in [0.2, 0.25) is 5.02 Å². The molecule has 1 fully saturated rings. The number of rotatable bonds is 4. The maximum atomic E-state index is 11.2. The van der Waals surface area contributed by atoms with Crippen molar-refractivity contribution in [2.75, 3.05) is 13.2 Å². The zero-order valence-corrected chi connectivity index (χ0v) is 12.8. The molecule has 1 aliphatic carbocycles. The molecule has 114 valence electrons. The molecule has 0 saturated heterocycles. The van der Waals surface area contributed by atoms with Gasteiger partial charge in [0.05, 0.1) is 19.6 Å². The molecule has 0 aromatic heterocycles. The lowest BCUT2D eigenvalue weighted by molar-refractivity contribution is -0.137. The largest absolute Gasteiger partial charge is 0.489 e. The fourth-order valence-electron chi connectivity index (χ4n) is 3.09. The molecule has 1 aromatic carbocycles. The zero-order chi connectivity index (χ0) is 15.0. The van der Waals surface area contributed by atoms with E-state index in [2.05, 4.69) is 0 Å². The van der Waals surface area contributed by atoms with E-state index in [4.69, 9.17) is 21.1 Å². The summed E-state index contributed by atoms with van der Waals surface area (Å²) in [4.78, 5) is 11.2. The Morgan fingerprint density at radius 2 is 2.14 bits per heavy atom. The van der Waals surface area contributed by atoms with Gasteiger partial charge < -0.3 is 14.6 Å². The summed E-state index contributed by atoms with van der Waals surface area (Å²) in [7, 11) is 0. The third kappa shape index (κ3) is 2.95. The molecule has 1 atom stereocenters. The molecule has 1 unspecified atom stereocenters. The first-order valence-electron chi connectivity index (χ1n) is 7.38. The fourth-order valence-corrected chi connectivity index (χ4v) is 3.47. The molecule has 1 heterocycles. The lowest BCUT2D eigenvalue weighted by Crippen LogP contribution is -2.11. The Morgan fingerprint density at radius 3 is 2.81 bits per heavy atom. The van der Waals surface area contributed by atoms with Gasteiger partial charge in [0.2, 0.25) is 0 Å². The van der Waals surface area contributed by atoms with E-state index in [0.717, 1.165) is 36.1 Å². The number of carbonyl (C=O) groups is 1. The van der Waals surface area contributed by atoms with Crippen LogP contribution < -0.4 is 9.47 Å². The first kappa shape index (κ1) is 14.5. The lowest BCUT2D eigenvalue weighted by atomic mass is 9.87. The second-order valence-electron chi connectivity index (χ2n) is 5.82. The SMILES string of the molecule is Cc1c2c(cc(Cl)c1C(CC(=O)O)C1CC1)OCCCO2. The van der Waals surface area contributed by atoms with Crippen molar-refractivity contribution >= 4 is 17.6 Å². The smallest absolute Gasteiger partial charge is 0.303 e. The van der Waals surface area contributed by atoms with E-state index < -0.39 is 5.97 Å². The van der Waals surface area contributed by atoms with Gasteiger partial charge in [-0.2, -0.15) is 0 Å². The van der Waals surface area contributed by atoms with Crippen LogP contribution in [0.3, 0.4) is 0 Å². The van der Waals surface area contributed by atoms with Crippen molar-refractivity contribution in [3.05, 3.63) is 22.2 Å². The van der Waals surface area contributed by atoms with Crippen molar-refractivity contribution in [1.29, 1.82) is 0 Å². The average Bonchev–Trinajstić information content (AvgIpc) is 3.24. The van der Waals surface area contributed by atoms with Crippen LogP contribution in [0.5, 0.6) is 11.5 Å². The zero-order valence-electron chi connectivity index (χ0n) is 12.0. The summed E-state index contributed by atoms with van der Waals surface area (Å²) in [6, 6.07) is 1.78. The predicted octanol–water partition coefficient (Wildman–Crippen LogP) is 3.78. The number of carboxylic acids is 1. The number of carboxylic acid groups (broad SMARTS) is 1. The van der Waals surface area contributed by atoms with Gasteiger partial charge >= 0.3 is 5.97 Å². The second-order valence-corrected chi connectivity index (χ2v) is 6.22. The molecule has 1 saturated carbocycles. The minimum Gasteiger partial charge on any atom is -0.489 e. The first-order chi connectivity index (χ1) is 10.1. The van der Waals surface area contributed by atoms with E-state index in [1.165, 1.54) is 0 Å². The van der Waals surface area contributed by atoms with Crippen molar-refractivity contribution in [2.24, 2.45) is 5.92 Å². The average molecular weight is 311 g/mol. The molecule has 4 nitrogen and oxygen atoms in total. The highest BCUT2D eigenvalue weighted by Gasteiger charge is 2.37. The summed E-state index contributed by atoms with van der Waals surface area (Å²) in [5.41, 5.74) is 1.85. The van der Waals surface area contributed by atoms with Crippen LogP contribution in [-0.2, 0) is 4.79 Å². The minimum absolute atomic E-state index is 0.0350. The molecule has 0 spiro atoms. The number of fused-ring (bicyclic) bond motifs is 1. The molecule has 0 amide bonds. The highest BCUT2D eigenvalue weighted by Crippen LogP contribution is 2.50. The van der Waals surface area contributed by atoms with Crippen molar-refractivity contribution in [3.8, 4) is 11.5 Å². The molecule has 1 aliphatic heterocycles. The monoisotopic (exact) mass is 310 g/mol. The normalized spacial score (nSPS) is 19.0. The maximum Gasteiger partial charge on any atom is 0.303 e. The van der Waals surface area contributed by atoms with Gasteiger partial charge in [0.15, 0.2) is 11.5 Å². The molecule has 3 rings (SSSR count). The third-order valence-electron chi connectivity index (χ3n) is 4.23. The van der Waals surface area contributed by atoms with Crippen LogP contribution in [-0.4, -0.2) is 24.3 Å². The third-order valence-corrected chi connectivity index (χ3v) is 4.55. The Balaban J connectivity index is 2.04. The van der Waals surface area contributed by atoms with E-state index in [1.807, 2.05) is 6.92 Å². The van der Waals surface area contributed by atoms with Crippen LogP contribution in [0.15, 0.2) is 6.07 Å². The maximum absolute atomic E-state index is 11.2. The topological polar surface area (TPSA) is 55.8 Å². The molecule has 0 radical (unpaired) electrons. The molecule has 1 aromatic rings. The van der Waals surface area contributed by atoms with Gasteiger partial charge in [-0.05, 0) is 42.7 Å². The molecule has 2 aliphatic rings. The Morgan fingerprint density at radius 1 is 1.43 bits per heavy atom. The summed E-state index contributed by atoms with van der Waals surface area (Å²) in [6.07, 6.45) is 3.09. The second kappa shape index (κ2) is 5.76. The fraction of sp³-hybridized carbons (Fsp3) is 0.562. The van der Waals surface area contributed by atoms with Gasteiger partial charge in [-0.25, -0.2) is 0 Å². The summed E-state index contributed by atoms with van der Waals surface area (Å²) < 4.78 is 11.5. The highest BCUT2D eigenvalue weighted by molar-refractivity contribution is 6.31. The van der Waals surface area contributed by atoms with Gasteiger partial charge in [-0.15, -0.1) is 0 Å². The number of hydrogen-bond donors (Lipinski definition) is 1. The summed E-state index contributed by atoms with van der Waals surface area (Å²) in [5.74, 6) is 0.996. The Bertz CT molecular complexity index is 566. The van der Waals surface area contributed by atoms with Gasteiger partial charge in [0.25, 0.3) is 0 Å². The standard InChI is InChI=1S/C16H19ClO4/c1-9-15(11(7-14(18)19)10-3-4-10)12(17)8-13-16(9)21-6-2-5-20-13/h8,10-11H,2-7H2,1H3,(H,18,19). The van der Waals surface area contributed by atoms with Crippen molar-refractivity contribution in [2.45, 2.75) is 38.5 Å². The predicted molar refractivity (Wildman–Crippen MR) is 79.5 cm³/mol. The van der Waals surface area contributed by atoms with Crippen LogP contribution in [0.25, 0.3) is 0 Å². The molecule has 0 bridgehead atoms. The Labute approximate surface area is 129 Å². The van der Waals surface area contributed by atoms with Gasteiger partial charge in [0.1, 0.15) is 0 Å². The Kier molecular flexibility index (Phi) is 3.98. The molecular weight excluding hydrogens is 292 g/mol. The number of hydrogen-bond acceptors (Lipinski definition) is 3. The number of ether oxygens (including phenoxy) is 2. The molecule has 21 heavy (non-hydrogen) atoms. The van der Waals surface area contributed by atoms with Gasteiger partial charge in [0, 0.05) is 17.5 Å². The van der Waals surface area contributed by atoms with Crippen LogP contribution >= 0.6 is 11.6 Å². The van der Waals surface area contributed by atoms with E-state index >= 15 is 0 Å². The lowest BCUT2D eigenvalue weighted by Gasteiger charge is -2.22. The van der Waals surface area contributed by atoms with E-state index in [0.29, 0.717) is 29.9 Å². The summed E-state index contributed by atoms with van der Waals surface area (Å²) in [5, 5.41) is 9.78. The van der Waals surface area contributed by atoms with E-state index in [1.54, 1.807) is 6.07 Å². The van der Waals surface area contributed by atoms with Gasteiger partial charge in [-0.1, -0.05) is 11.6 Å². The van der Waals surface area contributed by atoms with Crippen LogP contribution in [0.1, 0.15) is 42.7 Å². The van der Waals surface area contributed by atoms with Crippen LogP contribution in [0.4, 0.5) is 0 Å². The molecular formula is C16H19ClO4. The molecule has 5 heteroatoms. The van der Waals surface area contributed by atoms with Crippen molar-refractivity contribution < 1.29 is 19.4 Å². The highest BCUT2D eigenvalue weighted by atomic mass is 35.5. The quantitative estimate of drug-likeness (QED) is 0.919. The first-order valence-corrected chi connectivity index (χ1v) is 7.76. The summed E-state index contributed by atoms with van der Waals surface area (Å²) in [6.45, 7) is 3.18. The number of benzene rings is 1. The number of aliphatic carboxylic acids is 1. The Hall–Kier alpha value is -1.42. The van der Waals surface area contributed by atoms with Crippen molar-refractivity contribution in [1.82, 2.24) is 0 Å². The van der Waals surface area contributed by atoms with Crippen molar-refractivity contribution in [3.63, 3.8) is 0 Å². The summed E-state index contributed by atoms with van der Waals surface area (Å²) >= 11 is 6.44. The van der Waals surface area contributed by atoms with Crippen LogP contribution in [0, 0.1) is 12.8 Å².